The molecule has 1 N–H and O–H groups in total. The second kappa shape index (κ2) is 5.29. The predicted octanol–water partition coefficient (Wildman–Crippen LogP) is 0.280. The summed E-state index contributed by atoms with van der Waals surface area (Å²) >= 11 is 0. The van der Waals surface area contributed by atoms with E-state index in [1.54, 1.807) is 13.2 Å². The largest absolute Gasteiger partial charge is 0.355 e. The van der Waals surface area contributed by atoms with Gasteiger partial charge in [0, 0.05) is 35.3 Å². The van der Waals surface area contributed by atoms with Gasteiger partial charge in [0.2, 0.25) is 5.91 Å². The summed E-state index contributed by atoms with van der Waals surface area (Å²) in [5.41, 5.74) is 0. The summed E-state index contributed by atoms with van der Waals surface area (Å²) in [5, 5.41) is 2.73. The van der Waals surface area contributed by atoms with Crippen LogP contribution in [0.5, 0.6) is 0 Å². The Hall–Kier alpha value is -0.380. The SMILES string of the molecule is CCC(=O)NCC(C)S(C)=O. The van der Waals surface area contributed by atoms with E-state index >= 15 is 0 Å². The Labute approximate surface area is 70.0 Å². The Morgan fingerprint density at radius 2 is 2.18 bits per heavy atom. The molecule has 2 unspecified atom stereocenters. The van der Waals surface area contributed by atoms with Gasteiger partial charge in [0.25, 0.3) is 0 Å². The number of carbonyl (C=O) groups is 1. The van der Waals surface area contributed by atoms with Crippen molar-refractivity contribution in [2.45, 2.75) is 25.5 Å². The molecule has 0 fully saturated rings. The molecule has 11 heavy (non-hydrogen) atoms. The Bertz CT molecular complexity index is 159. The molecule has 2 atom stereocenters. The fourth-order valence-corrected chi connectivity index (χ4v) is 0.818. The molecule has 0 spiro atoms. The van der Waals surface area contributed by atoms with Crippen molar-refractivity contribution in [2.24, 2.45) is 0 Å². The second-order valence-corrected chi connectivity index (χ2v) is 4.27. The maximum absolute atomic E-state index is 10.8. The van der Waals surface area contributed by atoms with Gasteiger partial charge in [-0.3, -0.25) is 9.00 Å². The first-order valence-electron chi connectivity index (χ1n) is 3.66. The third-order valence-electron chi connectivity index (χ3n) is 1.47. The van der Waals surface area contributed by atoms with E-state index in [-0.39, 0.29) is 11.2 Å². The van der Waals surface area contributed by atoms with Crippen LogP contribution in [0.1, 0.15) is 20.3 Å². The van der Waals surface area contributed by atoms with Crippen LogP contribution in [0.25, 0.3) is 0 Å². The van der Waals surface area contributed by atoms with Crippen LogP contribution in [-0.2, 0) is 15.6 Å². The Kier molecular flexibility index (Phi) is 5.11. The van der Waals surface area contributed by atoms with Crippen LogP contribution < -0.4 is 5.32 Å². The van der Waals surface area contributed by atoms with Gasteiger partial charge in [-0.05, 0) is 6.92 Å². The lowest BCUT2D eigenvalue weighted by Gasteiger charge is -2.08. The fraction of sp³-hybridized carbons (Fsp3) is 0.857. The molecule has 0 aliphatic heterocycles. The molecular weight excluding hydrogens is 162 g/mol. The highest BCUT2D eigenvalue weighted by Crippen LogP contribution is 1.89. The molecule has 0 bridgehead atoms. The Balaban J connectivity index is 3.54. The van der Waals surface area contributed by atoms with E-state index in [0.717, 1.165) is 0 Å². The molecule has 4 heteroatoms. The van der Waals surface area contributed by atoms with Gasteiger partial charge >= 0.3 is 0 Å². The third kappa shape index (κ3) is 4.95. The second-order valence-electron chi connectivity index (χ2n) is 2.47. The van der Waals surface area contributed by atoms with Gasteiger partial charge in [-0.15, -0.1) is 0 Å². The normalized spacial score (nSPS) is 15.5. The van der Waals surface area contributed by atoms with Crippen molar-refractivity contribution in [3.05, 3.63) is 0 Å². The highest BCUT2D eigenvalue weighted by molar-refractivity contribution is 7.84. The standard InChI is InChI=1S/C7H15NO2S/c1-4-7(9)8-5-6(2)11(3)10/h6H,4-5H2,1-3H3,(H,8,9). The van der Waals surface area contributed by atoms with E-state index in [0.29, 0.717) is 13.0 Å². The zero-order valence-corrected chi connectivity index (χ0v) is 8.03. The summed E-state index contributed by atoms with van der Waals surface area (Å²) in [7, 11) is -0.843. The first-order chi connectivity index (χ1) is 5.07. The quantitative estimate of drug-likeness (QED) is 0.670. The average Bonchev–Trinajstić information content (AvgIpc) is 1.99. The van der Waals surface area contributed by atoms with Gasteiger partial charge in [0.05, 0.1) is 0 Å². The van der Waals surface area contributed by atoms with Gasteiger partial charge in [-0.25, -0.2) is 0 Å². The molecule has 0 radical (unpaired) electrons. The lowest BCUT2D eigenvalue weighted by molar-refractivity contribution is -0.120. The zero-order valence-electron chi connectivity index (χ0n) is 7.22. The van der Waals surface area contributed by atoms with Gasteiger partial charge in [0.1, 0.15) is 0 Å². The maximum atomic E-state index is 10.8. The van der Waals surface area contributed by atoms with Crippen LogP contribution in [0.15, 0.2) is 0 Å². The average molecular weight is 177 g/mol. The minimum absolute atomic E-state index is 0.0160. The summed E-state index contributed by atoms with van der Waals surface area (Å²) in [4.78, 5) is 10.7. The summed E-state index contributed by atoms with van der Waals surface area (Å²) in [6, 6.07) is 0. The Morgan fingerprint density at radius 1 is 1.64 bits per heavy atom. The molecule has 66 valence electrons. The highest BCUT2D eigenvalue weighted by atomic mass is 32.2. The van der Waals surface area contributed by atoms with Gasteiger partial charge in [0.15, 0.2) is 0 Å². The van der Waals surface area contributed by atoms with E-state index in [1.807, 2.05) is 6.92 Å². The van der Waals surface area contributed by atoms with E-state index in [2.05, 4.69) is 5.32 Å². The number of amides is 1. The van der Waals surface area contributed by atoms with Crippen molar-refractivity contribution in [1.29, 1.82) is 0 Å². The van der Waals surface area contributed by atoms with Crippen molar-refractivity contribution in [3.63, 3.8) is 0 Å². The monoisotopic (exact) mass is 177 g/mol. The molecule has 0 saturated heterocycles. The molecule has 1 amide bonds. The van der Waals surface area contributed by atoms with Gasteiger partial charge in [-0.1, -0.05) is 6.92 Å². The molecule has 0 aromatic rings. The molecular formula is C7H15NO2S. The zero-order chi connectivity index (χ0) is 8.85. The van der Waals surface area contributed by atoms with Crippen LogP contribution in [0, 0.1) is 0 Å². The van der Waals surface area contributed by atoms with Crippen LogP contribution in [-0.4, -0.2) is 28.2 Å². The molecule has 0 aliphatic carbocycles. The summed E-state index contributed by atoms with van der Waals surface area (Å²) in [6.45, 7) is 4.16. The van der Waals surface area contributed by atoms with E-state index in [4.69, 9.17) is 0 Å². The van der Waals surface area contributed by atoms with Gasteiger partial charge < -0.3 is 5.32 Å². The summed E-state index contributed by atoms with van der Waals surface area (Å²) < 4.78 is 10.8. The minimum Gasteiger partial charge on any atom is -0.355 e. The minimum atomic E-state index is -0.843. The molecule has 0 rings (SSSR count). The van der Waals surface area contributed by atoms with Crippen LogP contribution in [0.2, 0.25) is 0 Å². The first kappa shape index (κ1) is 10.6. The van der Waals surface area contributed by atoms with Crippen LogP contribution >= 0.6 is 0 Å². The lowest BCUT2D eigenvalue weighted by atomic mass is 10.4. The van der Waals surface area contributed by atoms with Crippen LogP contribution in [0.3, 0.4) is 0 Å². The van der Waals surface area contributed by atoms with Crippen molar-refractivity contribution in [2.75, 3.05) is 12.8 Å². The Morgan fingerprint density at radius 3 is 2.55 bits per heavy atom. The number of rotatable bonds is 4. The fourth-order valence-electron chi connectivity index (χ4n) is 0.500. The number of hydrogen-bond donors (Lipinski definition) is 1. The molecule has 3 nitrogen and oxygen atoms in total. The third-order valence-corrected chi connectivity index (χ3v) is 2.77. The molecule has 0 aliphatic rings. The van der Waals surface area contributed by atoms with Crippen LogP contribution in [0.4, 0.5) is 0 Å². The van der Waals surface area contributed by atoms with Crippen molar-refractivity contribution in [1.82, 2.24) is 5.32 Å². The molecule has 0 saturated carbocycles. The van der Waals surface area contributed by atoms with Crippen molar-refractivity contribution >= 4 is 16.7 Å². The molecule has 0 heterocycles. The summed E-state index contributed by atoms with van der Waals surface area (Å²) in [5.74, 6) is 0.0160. The number of hydrogen-bond acceptors (Lipinski definition) is 2. The predicted molar refractivity (Wildman–Crippen MR) is 46.8 cm³/mol. The lowest BCUT2D eigenvalue weighted by Crippen LogP contribution is -2.31. The number of nitrogens with one attached hydrogen (secondary N) is 1. The van der Waals surface area contributed by atoms with Gasteiger partial charge in [-0.2, -0.15) is 0 Å². The number of carbonyl (C=O) groups excluding carboxylic acids is 1. The van der Waals surface area contributed by atoms with Crippen molar-refractivity contribution in [3.8, 4) is 0 Å². The first-order valence-corrected chi connectivity index (χ1v) is 5.29. The maximum Gasteiger partial charge on any atom is 0.219 e. The molecule has 0 aromatic carbocycles. The van der Waals surface area contributed by atoms with E-state index in [9.17, 15) is 9.00 Å². The summed E-state index contributed by atoms with van der Waals surface area (Å²) in [6.07, 6.45) is 2.13. The smallest absolute Gasteiger partial charge is 0.219 e. The highest BCUT2D eigenvalue weighted by Gasteiger charge is 2.06. The van der Waals surface area contributed by atoms with Crippen molar-refractivity contribution < 1.29 is 9.00 Å². The topological polar surface area (TPSA) is 46.2 Å². The van der Waals surface area contributed by atoms with E-state index in [1.165, 1.54) is 0 Å². The van der Waals surface area contributed by atoms with E-state index < -0.39 is 10.8 Å². The molecule has 0 aromatic heterocycles.